The highest BCUT2D eigenvalue weighted by atomic mass is 35.5. The van der Waals surface area contributed by atoms with E-state index >= 15 is 0 Å². The number of hydrogen-bond acceptors (Lipinski definition) is 6. The van der Waals surface area contributed by atoms with Crippen molar-refractivity contribution in [2.24, 2.45) is 0 Å². The lowest BCUT2D eigenvalue weighted by Crippen LogP contribution is -2.31. The molecule has 6 nitrogen and oxygen atoms in total. The van der Waals surface area contributed by atoms with E-state index in [1.54, 1.807) is 19.4 Å². The largest absolute Gasteiger partial charge is 0.495 e. The number of methoxy groups -OCH3 is 1. The second-order valence-corrected chi connectivity index (χ2v) is 6.02. The number of nitrogens with one attached hydrogen (secondary N) is 1. The Labute approximate surface area is 140 Å². The molecule has 0 atom stereocenters. The third-order valence-electron chi connectivity index (χ3n) is 3.93. The number of benzene rings is 1. The SMILES string of the molecule is COc1cc(Cl)c(C)cc1Nc1cnnc(N2CCCCC2)n1. The second-order valence-electron chi connectivity index (χ2n) is 5.62. The highest BCUT2D eigenvalue weighted by molar-refractivity contribution is 6.31. The molecule has 2 aromatic rings. The average molecular weight is 334 g/mol. The summed E-state index contributed by atoms with van der Waals surface area (Å²) in [5.41, 5.74) is 1.77. The highest BCUT2D eigenvalue weighted by Gasteiger charge is 2.15. The van der Waals surface area contributed by atoms with Crippen molar-refractivity contribution in [1.82, 2.24) is 15.2 Å². The van der Waals surface area contributed by atoms with Crippen LogP contribution in [0.3, 0.4) is 0 Å². The molecule has 1 saturated heterocycles. The van der Waals surface area contributed by atoms with Crippen molar-refractivity contribution in [3.05, 3.63) is 28.9 Å². The van der Waals surface area contributed by atoms with Gasteiger partial charge in [-0.2, -0.15) is 10.1 Å². The summed E-state index contributed by atoms with van der Waals surface area (Å²) in [6.07, 6.45) is 5.22. The summed E-state index contributed by atoms with van der Waals surface area (Å²) < 4.78 is 5.38. The fourth-order valence-electron chi connectivity index (χ4n) is 2.65. The van der Waals surface area contributed by atoms with Crippen LogP contribution in [-0.4, -0.2) is 35.4 Å². The Bertz CT molecular complexity index is 688. The van der Waals surface area contributed by atoms with Crippen LogP contribution in [0, 0.1) is 6.92 Å². The van der Waals surface area contributed by atoms with Gasteiger partial charge in [-0.3, -0.25) is 0 Å². The molecule has 1 aliphatic rings. The third-order valence-corrected chi connectivity index (χ3v) is 4.34. The van der Waals surface area contributed by atoms with Gasteiger partial charge in [0.25, 0.3) is 0 Å². The molecule has 3 rings (SSSR count). The van der Waals surface area contributed by atoms with Gasteiger partial charge in [-0.1, -0.05) is 11.6 Å². The van der Waals surface area contributed by atoms with Crippen LogP contribution in [0.5, 0.6) is 5.75 Å². The van der Waals surface area contributed by atoms with Gasteiger partial charge in [0.1, 0.15) is 5.75 Å². The number of aryl methyl sites for hydroxylation is 1. The number of piperidine rings is 1. The van der Waals surface area contributed by atoms with E-state index in [2.05, 4.69) is 25.4 Å². The van der Waals surface area contributed by atoms with Crippen LogP contribution >= 0.6 is 11.6 Å². The molecule has 122 valence electrons. The average Bonchev–Trinajstić information content (AvgIpc) is 2.59. The van der Waals surface area contributed by atoms with Crippen LogP contribution in [0.25, 0.3) is 0 Å². The first kappa shape index (κ1) is 15.8. The third kappa shape index (κ3) is 3.64. The molecule has 1 aromatic carbocycles. The lowest BCUT2D eigenvalue weighted by atomic mass is 10.1. The molecule has 2 heterocycles. The Morgan fingerprint density at radius 1 is 1.22 bits per heavy atom. The van der Waals surface area contributed by atoms with Crippen LogP contribution in [-0.2, 0) is 0 Å². The van der Waals surface area contributed by atoms with Gasteiger partial charge in [0.2, 0.25) is 5.95 Å². The minimum absolute atomic E-state index is 0.639. The van der Waals surface area contributed by atoms with Crippen LogP contribution in [0.15, 0.2) is 18.3 Å². The first-order chi connectivity index (χ1) is 11.2. The standard InChI is InChI=1S/C16H20ClN5O/c1-11-8-13(14(23-2)9-12(11)17)19-15-10-18-21-16(20-15)22-6-4-3-5-7-22/h8-10H,3-7H2,1-2H3,(H,19,20,21). The van der Waals surface area contributed by atoms with E-state index < -0.39 is 0 Å². The van der Waals surface area contributed by atoms with Gasteiger partial charge in [-0.25, -0.2) is 0 Å². The first-order valence-electron chi connectivity index (χ1n) is 7.73. The Morgan fingerprint density at radius 2 is 2.00 bits per heavy atom. The molecule has 1 fully saturated rings. The molecule has 0 spiro atoms. The molecule has 7 heteroatoms. The lowest BCUT2D eigenvalue weighted by molar-refractivity contribution is 0.416. The zero-order valence-corrected chi connectivity index (χ0v) is 14.1. The zero-order valence-electron chi connectivity index (χ0n) is 13.3. The van der Waals surface area contributed by atoms with Gasteiger partial charge in [-0.05, 0) is 37.8 Å². The van der Waals surface area contributed by atoms with Gasteiger partial charge in [0.05, 0.1) is 19.0 Å². The van der Waals surface area contributed by atoms with Crippen molar-refractivity contribution in [3.8, 4) is 5.75 Å². The molecule has 0 unspecified atom stereocenters. The van der Waals surface area contributed by atoms with E-state index in [-0.39, 0.29) is 0 Å². The minimum Gasteiger partial charge on any atom is -0.495 e. The molecule has 1 aromatic heterocycles. The van der Waals surface area contributed by atoms with E-state index in [9.17, 15) is 0 Å². The number of ether oxygens (including phenoxy) is 1. The molecular weight excluding hydrogens is 314 g/mol. The van der Waals surface area contributed by atoms with Crippen LogP contribution in [0.4, 0.5) is 17.5 Å². The van der Waals surface area contributed by atoms with Crippen molar-refractivity contribution in [1.29, 1.82) is 0 Å². The van der Waals surface area contributed by atoms with Gasteiger partial charge in [0.15, 0.2) is 5.82 Å². The van der Waals surface area contributed by atoms with Crippen molar-refractivity contribution in [2.45, 2.75) is 26.2 Å². The maximum absolute atomic E-state index is 6.14. The summed E-state index contributed by atoms with van der Waals surface area (Å²) in [5.74, 6) is 1.97. The van der Waals surface area contributed by atoms with E-state index in [4.69, 9.17) is 16.3 Å². The Kier molecular flexibility index (Phi) is 4.81. The molecular formula is C16H20ClN5O. The molecule has 0 aliphatic carbocycles. The highest BCUT2D eigenvalue weighted by Crippen LogP contribution is 2.32. The van der Waals surface area contributed by atoms with Gasteiger partial charge >= 0.3 is 0 Å². The molecule has 0 radical (unpaired) electrons. The van der Waals surface area contributed by atoms with E-state index in [1.807, 2.05) is 13.0 Å². The Balaban J connectivity index is 1.84. The fraction of sp³-hybridized carbons (Fsp3) is 0.438. The fourth-order valence-corrected chi connectivity index (χ4v) is 2.80. The topological polar surface area (TPSA) is 63.2 Å². The minimum atomic E-state index is 0.639. The second kappa shape index (κ2) is 7.00. The van der Waals surface area contributed by atoms with Crippen LogP contribution in [0.1, 0.15) is 24.8 Å². The van der Waals surface area contributed by atoms with Crippen molar-refractivity contribution < 1.29 is 4.74 Å². The number of halogens is 1. The van der Waals surface area contributed by atoms with Crippen molar-refractivity contribution >= 4 is 29.1 Å². The number of aromatic nitrogens is 3. The Hall–Kier alpha value is -2.08. The van der Waals surface area contributed by atoms with Gasteiger partial charge < -0.3 is 15.0 Å². The number of hydrogen-bond donors (Lipinski definition) is 1. The van der Waals surface area contributed by atoms with Crippen molar-refractivity contribution in [3.63, 3.8) is 0 Å². The summed E-state index contributed by atoms with van der Waals surface area (Å²) in [6.45, 7) is 3.91. The number of nitrogens with zero attached hydrogens (tertiary/aromatic N) is 4. The molecule has 0 amide bonds. The quantitative estimate of drug-likeness (QED) is 0.922. The monoisotopic (exact) mass is 333 g/mol. The smallest absolute Gasteiger partial charge is 0.247 e. The van der Waals surface area contributed by atoms with Crippen molar-refractivity contribution in [2.75, 3.05) is 30.4 Å². The van der Waals surface area contributed by atoms with E-state index in [0.29, 0.717) is 22.5 Å². The normalized spacial score (nSPS) is 14.7. The lowest BCUT2D eigenvalue weighted by Gasteiger charge is -2.26. The van der Waals surface area contributed by atoms with Crippen LogP contribution in [0.2, 0.25) is 5.02 Å². The van der Waals surface area contributed by atoms with Gasteiger partial charge in [-0.15, -0.1) is 5.10 Å². The predicted octanol–water partition coefficient (Wildman–Crippen LogP) is 3.58. The summed E-state index contributed by atoms with van der Waals surface area (Å²) in [7, 11) is 1.61. The molecule has 1 N–H and O–H groups in total. The number of rotatable bonds is 4. The Morgan fingerprint density at radius 3 is 2.74 bits per heavy atom. The summed E-state index contributed by atoms with van der Waals surface area (Å²) in [5, 5.41) is 12.1. The first-order valence-corrected chi connectivity index (χ1v) is 8.11. The molecule has 1 aliphatic heterocycles. The molecule has 23 heavy (non-hydrogen) atoms. The molecule has 0 saturated carbocycles. The maximum Gasteiger partial charge on any atom is 0.247 e. The zero-order chi connectivity index (χ0) is 16.2. The summed E-state index contributed by atoms with van der Waals surface area (Å²) >= 11 is 6.14. The summed E-state index contributed by atoms with van der Waals surface area (Å²) in [4.78, 5) is 6.74. The predicted molar refractivity (Wildman–Crippen MR) is 91.9 cm³/mol. The van der Waals surface area contributed by atoms with E-state index in [0.717, 1.165) is 24.3 Å². The van der Waals surface area contributed by atoms with E-state index in [1.165, 1.54) is 19.3 Å². The van der Waals surface area contributed by atoms with Crippen LogP contribution < -0.4 is 15.0 Å². The maximum atomic E-state index is 6.14. The number of anilines is 3. The summed E-state index contributed by atoms with van der Waals surface area (Å²) in [6, 6.07) is 3.73. The van der Waals surface area contributed by atoms with Gasteiger partial charge in [0, 0.05) is 24.2 Å². The molecule has 0 bridgehead atoms.